The molecule has 1 amide bonds. The standard InChI is InChI=1S/C10H18N2OS2.C9H14N2OS2.C6H8N2O2S.C6H10N2S.C5H5NOS.C4H3NO2S.C4H11NOS.C2H7NO.CH3Cl.CH4O.2CH3.2BrH.2ClH.2Mg.H2/c1-9(2,3)15(13)12-10(4,5)8-6-11-7-14-8;1-7(8-5-10-6-13-8)11-14(12)9(2,3)4;1-8(10-2)6(9)5-3-7-4-11-5;1-6(2,7)5-3-8-4-9-5;1-4(7)5-2-6-3-8-5;6-4(7)3-1-5-2-8-3;1-4(2,3)7(5)6;1-3-4-2;2*1-2;;;;;;;;;/h6-7,12H,1-5H3;5-6H,1-4H3;3-4H,1-2H3;3-4H,7H2,1-2H3;2-3H,1H3;1-2H,(H,6,7);5H2,1-3H3;3H,1-2H3;1H3;2H,1H3;2*1H3;4*1H;;;1H/q;;;;;;;;;;2*-1;;;;;2*+2;/p-2. The summed E-state index contributed by atoms with van der Waals surface area (Å²) in [6.07, 6.45) is 11.3. The van der Waals surface area contributed by atoms with Crippen molar-refractivity contribution < 1.29 is 82.3 Å². The molecule has 0 saturated carbocycles. The second-order valence-electron chi connectivity index (χ2n) is 18.7. The van der Waals surface area contributed by atoms with Crippen LogP contribution in [-0.2, 0) is 53.7 Å². The van der Waals surface area contributed by atoms with Crippen LogP contribution >= 0.6 is 104 Å². The molecule has 0 bridgehead atoms. The van der Waals surface area contributed by atoms with E-state index in [1.165, 1.54) is 72.3 Å². The summed E-state index contributed by atoms with van der Waals surface area (Å²) in [7, 11) is 3.85. The number of hydrogen-bond acceptors (Lipinski definition) is 23. The van der Waals surface area contributed by atoms with Crippen molar-refractivity contribution in [2.75, 3.05) is 41.8 Å². The Morgan fingerprint density at radius 1 is 0.625 bits per heavy atom. The topological polar surface area (TPSA) is 330 Å². The Balaban J connectivity index is -0.0000000671. The number of amides is 1. The molecule has 0 saturated heterocycles. The molecule has 6 aromatic rings. The van der Waals surface area contributed by atoms with Gasteiger partial charge in [0.25, 0.3) is 5.91 Å². The maximum atomic E-state index is 12.0. The molecule has 38 heteroatoms. The van der Waals surface area contributed by atoms with E-state index in [9.17, 15) is 27.0 Å². The smallest absolute Gasteiger partial charge is 1.00 e. The van der Waals surface area contributed by atoms with Gasteiger partial charge in [0, 0.05) is 76.0 Å². The maximum absolute atomic E-state index is 12.0. The minimum atomic E-state index is -1.19. The second-order valence-corrected chi connectivity index (χ2v) is 29.7. The molecule has 22 nitrogen and oxygen atoms in total. The third kappa shape index (κ3) is 57.1. The summed E-state index contributed by atoms with van der Waals surface area (Å²) in [5.74, 6) is -0.991. The van der Waals surface area contributed by atoms with E-state index < -0.39 is 38.9 Å². The fourth-order valence-electron chi connectivity index (χ4n) is 3.46. The van der Waals surface area contributed by atoms with Crippen LogP contribution in [0.1, 0.15) is 149 Å². The van der Waals surface area contributed by atoms with E-state index in [2.05, 4.69) is 60.9 Å². The number of hydrogen-bond donors (Lipinski definition) is 6. The van der Waals surface area contributed by atoms with Crippen LogP contribution in [0, 0.1) is 14.9 Å². The number of hydroxylamine groups is 3. The molecule has 0 spiro atoms. The summed E-state index contributed by atoms with van der Waals surface area (Å²) in [5, 5.41) is 21.4. The van der Waals surface area contributed by atoms with Gasteiger partial charge in [-0.1, -0.05) is 0 Å². The number of ketones is 1. The Hall–Kier alpha value is -0.408. The Labute approximate surface area is 627 Å². The fourth-order valence-corrected chi connectivity index (χ4v) is 8.59. The molecule has 8 N–H and O–H groups in total. The number of aliphatic hydroxyl groups is 1. The summed E-state index contributed by atoms with van der Waals surface area (Å²) in [6, 6.07) is 0. The van der Waals surface area contributed by atoms with E-state index in [1.807, 2.05) is 109 Å². The molecular weight excluding hydrogens is 1530 g/mol. The number of halogens is 5. The number of alkyl halides is 1. The van der Waals surface area contributed by atoms with Gasteiger partial charge in [0.1, 0.15) is 20.7 Å². The minimum absolute atomic E-state index is 0. The van der Waals surface area contributed by atoms with Crippen LogP contribution in [0.3, 0.4) is 0 Å². The van der Waals surface area contributed by atoms with Gasteiger partial charge >= 0.3 is 52.1 Å². The van der Waals surface area contributed by atoms with Gasteiger partial charge in [0.05, 0.1) is 117 Å². The van der Waals surface area contributed by atoms with E-state index in [0.29, 0.717) is 4.88 Å². The molecule has 506 valence electrons. The first kappa shape index (κ1) is 115. The average molecular weight is 1630 g/mol. The Morgan fingerprint density at radius 2 is 0.943 bits per heavy atom. The van der Waals surface area contributed by atoms with Gasteiger partial charge < -0.3 is 69.6 Å². The Morgan fingerprint density at radius 3 is 1.16 bits per heavy atom. The molecule has 0 aromatic carbocycles. The van der Waals surface area contributed by atoms with Crippen molar-refractivity contribution in [2.24, 2.45) is 15.3 Å². The number of Topliss-reactive ketones (excluding diaryl/α,β-unsaturated/α-hetero) is 1. The van der Waals surface area contributed by atoms with Crippen molar-refractivity contribution in [3.8, 4) is 0 Å². The summed E-state index contributed by atoms with van der Waals surface area (Å²) in [5.41, 5.74) is 18.6. The number of nitrogens with zero attached hydrogens (tertiary/aromatic N) is 8. The SMILES string of the molecule is CC(=NS(=O)C(C)(C)C)c1cncs1.CC(=O)c1cncs1.CC(C)(C)S(N)=O.CC(C)(N)c1cncs1.CC(C)(NS(=O)C(C)(C)C)c1cncs1.CCl.CNOC.CO.CON(C)C(=O)c1cncs1.Cl.Cl.O=C(O)c1cncs1.[Br-].[Br-].[CH3-].[CH3-].[HH].[Mg+2].[Mg+2]. The largest absolute Gasteiger partial charge is 2.00 e. The van der Waals surface area contributed by atoms with Crippen LogP contribution < -0.4 is 55.0 Å². The van der Waals surface area contributed by atoms with Crippen molar-refractivity contribution in [1.29, 1.82) is 0 Å². The number of carboxylic acid groups (broad SMARTS) is 1. The molecule has 0 aliphatic rings. The van der Waals surface area contributed by atoms with Gasteiger partial charge in [0.2, 0.25) is 0 Å². The van der Waals surface area contributed by atoms with Crippen molar-refractivity contribution in [3.63, 3.8) is 0 Å². The normalized spacial score (nSPS) is 10.9. The second kappa shape index (κ2) is 62.7. The number of carboxylic acids is 1. The molecule has 0 radical (unpaired) electrons. The number of thiazole rings is 6. The third-order valence-electron chi connectivity index (χ3n) is 7.99. The quantitative estimate of drug-likeness (QED) is 0.0248. The van der Waals surface area contributed by atoms with Crippen molar-refractivity contribution in [3.05, 3.63) is 114 Å². The number of aromatic nitrogens is 6. The van der Waals surface area contributed by atoms with Gasteiger partial charge in [-0.05, 0) is 96.9 Å². The molecule has 6 aromatic heterocycles. The van der Waals surface area contributed by atoms with Gasteiger partial charge in [0.15, 0.2) is 5.78 Å². The van der Waals surface area contributed by atoms with Crippen LogP contribution in [0.2, 0.25) is 0 Å². The molecule has 0 aliphatic heterocycles. The van der Waals surface area contributed by atoms with E-state index in [-0.39, 0.29) is 163 Å². The monoisotopic (exact) mass is 1620 g/mol. The third-order valence-corrected chi connectivity index (χ3v) is 18.0. The number of nitrogens with two attached hydrogens (primary N) is 2. The number of rotatable bonds is 11. The Kier molecular flexibility index (Phi) is 81.9. The zero-order valence-electron chi connectivity index (χ0n) is 54.4. The first-order chi connectivity index (χ1) is 37.0. The van der Waals surface area contributed by atoms with Crippen molar-refractivity contribution in [1.82, 2.24) is 45.2 Å². The first-order valence-corrected chi connectivity index (χ1v) is 32.5. The zero-order valence-corrected chi connectivity index (χ0v) is 70.1. The zero-order chi connectivity index (χ0) is 63.1. The van der Waals surface area contributed by atoms with Crippen LogP contribution in [0.25, 0.3) is 0 Å². The van der Waals surface area contributed by atoms with Crippen LogP contribution in [0.5, 0.6) is 0 Å². The average Bonchev–Trinajstić information content (AvgIpc) is 4.24. The number of nitrogens with one attached hydrogen (secondary N) is 2. The summed E-state index contributed by atoms with van der Waals surface area (Å²) in [6.45, 7) is 28.5. The molecule has 3 atom stereocenters. The van der Waals surface area contributed by atoms with Gasteiger partial charge in [-0.3, -0.25) is 49.5 Å². The van der Waals surface area contributed by atoms with Gasteiger partial charge in [-0.2, -0.15) is 4.40 Å². The molecule has 88 heavy (non-hydrogen) atoms. The molecular formula is C50H93Br2Cl3Mg2N12O10S9. The van der Waals surface area contributed by atoms with Gasteiger partial charge in [-0.15, -0.1) is 104 Å². The summed E-state index contributed by atoms with van der Waals surface area (Å²) in [4.78, 5) is 68.5. The van der Waals surface area contributed by atoms with E-state index in [1.54, 1.807) is 83.8 Å². The predicted octanol–water partition coefficient (Wildman–Crippen LogP) is 5.02. The van der Waals surface area contributed by atoms with E-state index >= 15 is 0 Å². The van der Waals surface area contributed by atoms with Crippen LogP contribution in [0.15, 0.2) is 74.6 Å². The maximum Gasteiger partial charge on any atom is 2.00 e. The summed E-state index contributed by atoms with van der Waals surface area (Å²) < 4.78 is 40.5. The molecule has 0 fully saturated rings. The predicted molar refractivity (Wildman–Crippen MR) is 379 cm³/mol. The molecule has 6 heterocycles. The summed E-state index contributed by atoms with van der Waals surface area (Å²) >= 11 is 13.1. The molecule has 6 rings (SSSR count). The van der Waals surface area contributed by atoms with Crippen LogP contribution in [0.4, 0.5) is 0 Å². The number of aromatic carboxylic acids is 1. The van der Waals surface area contributed by atoms with E-state index in [0.717, 1.165) is 48.7 Å². The number of aliphatic hydroxyl groups excluding tert-OH is 1. The Bertz CT molecular complexity index is 2560. The van der Waals surface area contributed by atoms with E-state index in [4.69, 9.17) is 25.9 Å². The molecule has 3 unspecified atom stereocenters. The van der Waals surface area contributed by atoms with Crippen molar-refractivity contribution in [2.45, 2.75) is 129 Å². The number of carbonyl (C=O) groups excluding carboxylic acids is 2. The minimum Gasteiger partial charge on any atom is -1.00 e. The number of carbonyl (C=O) groups is 3. The van der Waals surface area contributed by atoms with Gasteiger partial charge in [-0.25, -0.2) is 32.7 Å². The first-order valence-electron chi connectivity index (χ1n) is 23.0. The fraction of sp³-hybridized carbons (Fsp3) is 0.520. The van der Waals surface area contributed by atoms with Crippen LogP contribution in [-0.4, -0.2) is 183 Å². The van der Waals surface area contributed by atoms with Crippen molar-refractivity contribution >= 4 is 207 Å². The molecule has 0 aliphatic carbocycles.